The summed E-state index contributed by atoms with van der Waals surface area (Å²) in [5, 5.41) is 0. The van der Waals surface area contributed by atoms with Gasteiger partial charge in [0.15, 0.2) is 0 Å². The van der Waals surface area contributed by atoms with Crippen LogP contribution in [-0.2, 0) is 6.42 Å². The summed E-state index contributed by atoms with van der Waals surface area (Å²) in [4.78, 5) is 16.9. The molecule has 4 heteroatoms. The summed E-state index contributed by atoms with van der Waals surface area (Å²) in [6.45, 7) is 4.98. The first kappa shape index (κ1) is 14.9. The Morgan fingerprint density at radius 1 is 1.23 bits per heavy atom. The van der Waals surface area contributed by atoms with Crippen molar-refractivity contribution in [3.8, 4) is 11.3 Å². The van der Waals surface area contributed by atoms with Crippen molar-refractivity contribution in [1.29, 1.82) is 0 Å². The van der Waals surface area contributed by atoms with Crippen LogP contribution in [0.3, 0.4) is 0 Å². The minimum atomic E-state index is -0.0541. The Bertz CT molecular complexity index is 690. The van der Waals surface area contributed by atoms with E-state index in [4.69, 9.17) is 5.73 Å². The van der Waals surface area contributed by atoms with Gasteiger partial charge in [0.25, 0.3) is 0 Å². The number of nitrogens with two attached hydrogens (primary N) is 1. The van der Waals surface area contributed by atoms with Crippen LogP contribution in [-0.4, -0.2) is 24.6 Å². The van der Waals surface area contributed by atoms with E-state index in [0.717, 1.165) is 42.9 Å². The van der Waals surface area contributed by atoms with E-state index < -0.39 is 0 Å². The Kier molecular flexibility index (Phi) is 4.29. The quantitative estimate of drug-likeness (QED) is 0.911. The molecule has 2 heterocycles. The van der Waals surface area contributed by atoms with Crippen molar-refractivity contribution in [2.75, 3.05) is 24.5 Å². The van der Waals surface area contributed by atoms with Gasteiger partial charge in [-0.2, -0.15) is 0 Å². The van der Waals surface area contributed by atoms with E-state index in [2.05, 4.69) is 41.1 Å². The molecule has 3 N–H and O–H groups in total. The van der Waals surface area contributed by atoms with Gasteiger partial charge in [-0.15, -0.1) is 0 Å². The number of aromatic nitrogens is 1. The molecule has 0 amide bonds. The van der Waals surface area contributed by atoms with Crippen LogP contribution in [0.5, 0.6) is 0 Å². The van der Waals surface area contributed by atoms with E-state index in [1.54, 1.807) is 6.07 Å². The van der Waals surface area contributed by atoms with Gasteiger partial charge in [-0.1, -0.05) is 25.1 Å². The molecule has 0 spiro atoms. The molecular formula is C18H23N3O. The van der Waals surface area contributed by atoms with Crippen molar-refractivity contribution in [2.45, 2.75) is 19.8 Å². The largest absolute Gasteiger partial charge is 0.371 e. The van der Waals surface area contributed by atoms with E-state index in [1.807, 2.05) is 6.07 Å². The lowest BCUT2D eigenvalue weighted by molar-refractivity contribution is 0.602. The SMILES string of the molecule is CCc1ccc(=O)[nH]c1-c1ccc(N2CCC(CN)C2)cc1. The highest BCUT2D eigenvalue weighted by Crippen LogP contribution is 2.27. The zero-order valence-electron chi connectivity index (χ0n) is 13.0. The van der Waals surface area contributed by atoms with Gasteiger partial charge in [-0.3, -0.25) is 4.79 Å². The normalized spacial score (nSPS) is 17.9. The van der Waals surface area contributed by atoms with E-state index in [0.29, 0.717) is 5.92 Å². The topological polar surface area (TPSA) is 62.1 Å². The summed E-state index contributed by atoms with van der Waals surface area (Å²) in [6, 6.07) is 12.0. The molecule has 116 valence electrons. The number of hydrogen-bond donors (Lipinski definition) is 2. The standard InChI is InChI=1S/C18H23N3O/c1-2-14-5-8-17(22)20-18(14)15-3-6-16(7-4-15)21-10-9-13(11-19)12-21/h3-8,13H,2,9-12,19H2,1H3,(H,20,22). The average Bonchev–Trinajstić information content (AvgIpc) is 3.04. The van der Waals surface area contributed by atoms with E-state index in [1.165, 1.54) is 12.1 Å². The summed E-state index contributed by atoms with van der Waals surface area (Å²) >= 11 is 0. The number of benzene rings is 1. The monoisotopic (exact) mass is 297 g/mol. The van der Waals surface area contributed by atoms with Crippen molar-refractivity contribution in [3.63, 3.8) is 0 Å². The fourth-order valence-corrected chi connectivity index (χ4v) is 3.16. The molecule has 0 aliphatic carbocycles. The molecule has 1 aromatic carbocycles. The van der Waals surface area contributed by atoms with Crippen molar-refractivity contribution < 1.29 is 0 Å². The van der Waals surface area contributed by atoms with Crippen LogP contribution >= 0.6 is 0 Å². The number of nitrogens with zero attached hydrogens (tertiary/aromatic N) is 1. The Morgan fingerprint density at radius 2 is 2.00 bits per heavy atom. The highest BCUT2D eigenvalue weighted by atomic mass is 16.1. The van der Waals surface area contributed by atoms with E-state index in [-0.39, 0.29) is 5.56 Å². The van der Waals surface area contributed by atoms with Crippen LogP contribution in [0, 0.1) is 5.92 Å². The maximum Gasteiger partial charge on any atom is 0.248 e. The minimum Gasteiger partial charge on any atom is -0.371 e. The van der Waals surface area contributed by atoms with Gasteiger partial charge in [-0.05, 0) is 48.6 Å². The highest BCUT2D eigenvalue weighted by molar-refractivity contribution is 5.66. The van der Waals surface area contributed by atoms with Gasteiger partial charge in [0, 0.05) is 24.8 Å². The van der Waals surface area contributed by atoms with Crippen LogP contribution in [0.25, 0.3) is 11.3 Å². The number of anilines is 1. The lowest BCUT2D eigenvalue weighted by atomic mass is 10.0. The number of aryl methyl sites for hydroxylation is 1. The molecule has 4 nitrogen and oxygen atoms in total. The van der Waals surface area contributed by atoms with Gasteiger partial charge >= 0.3 is 0 Å². The van der Waals surface area contributed by atoms with Crippen molar-refractivity contribution in [2.24, 2.45) is 11.7 Å². The number of H-pyrrole nitrogens is 1. The van der Waals surface area contributed by atoms with Crippen molar-refractivity contribution in [3.05, 3.63) is 52.3 Å². The maximum atomic E-state index is 11.6. The van der Waals surface area contributed by atoms with Crippen molar-refractivity contribution >= 4 is 5.69 Å². The Balaban J connectivity index is 1.86. The molecule has 1 aromatic heterocycles. The molecule has 3 rings (SSSR count). The molecule has 1 aliphatic heterocycles. The second kappa shape index (κ2) is 6.36. The third-order valence-corrected chi connectivity index (χ3v) is 4.53. The first-order valence-corrected chi connectivity index (χ1v) is 7.99. The van der Waals surface area contributed by atoms with E-state index >= 15 is 0 Å². The summed E-state index contributed by atoms with van der Waals surface area (Å²) in [7, 11) is 0. The van der Waals surface area contributed by atoms with Gasteiger partial charge in [0.2, 0.25) is 5.56 Å². The minimum absolute atomic E-state index is 0.0541. The highest BCUT2D eigenvalue weighted by Gasteiger charge is 2.21. The predicted octanol–water partition coefficient (Wildman–Crippen LogP) is 2.39. The summed E-state index contributed by atoms with van der Waals surface area (Å²) < 4.78 is 0. The van der Waals surface area contributed by atoms with Crippen molar-refractivity contribution in [1.82, 2.24) is 4.98 Å². The van der Waals surface area contributed by atoms with Gasteiger partial charge in [0.05, 0.1) is 5.69 Å². The second-order valence-corrected chi connectivity index (χ2v) is 5.96. The summed E-state index contributed by atoms with van der Waals surface area (Å²) in [5.41, 5.74) is 10.1. The fourth-order valence-electron chi connectivity index (χ4n) is 3.16. The molecular weight excluding hydrogens is 274 g/mol. The zero-order chi connectivity index (χ0) is 15.5. The van der Waals surface area contributed by atoms with Crippen LogP contribution in [0.15, 0.2) is 41.2 Å². The molecule has 0 radical (unpaired) electrons. The zero-order valence-corrected chi connectivity index (χ0v) is 13.0. The molecule has 0 bridgehead atoms. The lowest BCUT2D eigenvalue weighted by Crippen LogP contribution is -2.22. The van der Waals surface area contributed by atoms with E-state index in [9.17, 15) is 4.79 Å². The maximum absolute atomic E-state index is 11.6. The molecule has 0 saturated carbocycles. The molecule has 1 saturated heterocycles. The number of rotatable bonds is 4. The molecule has 2 aromatic rings. The predicted molar refractivity (Wildman–Crippen MR) is 91.3 cm³/mol. The van der Waals surface area contributed by atoms with Gasteiger partial charge in [-0.25, -0.2) is 0 Å². The molecule has 1 aliphatic rings. The third-order valence-electron chi connectivity index (χ3n) is 4.53. The summed E-state index contributed by atoms with van der Waals surface area (Å²) in [5.74, 6) is 0.608. The molecule has 1 unspecified atom stereocenters. The fraction of sp³-hybridized carbons (Fsp3) is 0.389. The Hall–Kier alpha value is -2.07. The lowest BCUT2D eigenvalue weighted by Gasteiger charge is -2.19. The van der Waals surface area contributed by atoms with Crippen LogP contribution in [0.2, 0.25) is 0 Å². The smallest absolute Gasteiger partial charge is 0.248 e. The number of hydrogen-bond acceptors (Lipinski definition) is 3. The van der Waals surface area contributed by atoms with Crippen LogP contribution in [0.4, 0.5) is 5.69 Å². The van der Waals surface area contributed by atoms with Gasteiger partial charge in [0.1, 0.15) is 0 Å². The van der Waals surface area contributed by atoms with Crippen LogP contribution < -0.4 is 16.2 Å². The third kappa shape index (κ3) is 2.92. The number of pyridine rings is 1. The molecule has 1 atom stereocenters. The average molecular weight is 297 g/mol. The molecule has 22 heavy (non-hydrogen) atoms. The van der Waals surface area contributed by atoms with Crippen LogP contribution in [0.1, 0.15) is 18.9 Å². The summed E-state index contributed by atoms with van der Waals surface area (Å²) in [6.07, 6.45) is 2.07. The Morgan fingerprint density at radius 3 is 2.64 bits per heavy atom. The Labute approximate surface area is 131 Å². The number of aromatic amines is 1. The second-order valence-electron chi connectivity index (χ2n) is 5.96. The first-order chi connectivity index (χ1) is 10.7. The number of nitrogens with one attached hydrogen (secondary N) is 1. The molecule has 1 fully saturated rings. The first-order valence-electron chi connectivity index (χ1n) is 7.99. The van der Waals surface area contributed by atoms with Gasteiger partial charge < -0.3 is 15.6 Å².